The Hall–Kier alpha value is -1.40. The summed E-state index contributed by atoms with van der Waals surface area (Å²) >= 11 is 0. The number of aryl methyl sites for hydroxylation is 1. The number of benzene rings is 1. The van der Waals surface area contributed by atoms with Crippen LogP contribution in [0.3, 0.4) is 0 Å². The standard InChI is InChI=1S/C15H22N2O3S/c1-4-9-17-13-8-6-5-7-12(13)16-15(17)10-14(18)11(2)21(3,19)20/h5-8,11,14,18H,4,9-10H2,1-3H3. The van der Waals surface area contributed by atoms with Gasteiger partial charge in [0.1, 0.15) is 5.82 Å². The number of aromatic nitrogens is 2. The Morgan fingerprint density at radius 3 is 2.62 bits per heavy atom. The minimum Gasteiger partial charge on any atom is -0.391 e. The Balaban J connectivity index is 2.35. The van der Waals surface area contributed by atoms with E-state index in [0.29, 0.717) is 0 Å². The lowest BCUT2D eigenvalue weighted by atomic mass is 10.2. The molecule has 1 heterocycles. The number of para-hydroxylation sites is 2. The predicted octanol–water partition coefficient (Wildman–Crippen LogP) is 1.78. The first-order valence-electron chi connectivity index (χ1n) is 7.15. The van der Waals surface area contributed by atoms with Crippen molar-refractivity contribution in [1.82, 2.24) is 9.55 Å². The van der Waals surface area contributed by atoms with Gasteiger partial charge in [-0.05, 0) is 25.5 Å². The molecule has 2 atom stereocenters. The van der Waals surface area contributed by atoms with Crippen molar-refractivity contribution >= 4 is 20.9 Å². The second-order valence-electron chi connectivity index (χ2n) is 5.47. The Labute approximate surface area is 125 Å². The van der Waals surface area contributed by atoms with E-state index in [-0.39, 0.29) is 6.42 Å². The SMILES string of the molecule is CCCn1c(CC(O)C(C)S(C)(=O)=O)nc2ccccc21. The molecule has 0 spiro atoms. The highest BCUT2D eigenvalue weighted by Crippen LogP contribution is 2.19. The maximum Gasteiger partial charge on any atom is 0.152 e. The molecule has 0 radical (unpaired) electrons. The van der Waals surface area contributed by atoms with Gasteiger partial charge in [-0.15, -0.1) is 0 Å². The highest BCUT2D eigenvalue weighted by Gasteiger charge is 2.26. The van der Waals surface area contributed by atoms with Crippen LogP contribution in [0.15, 0.2) is 24.3 Å². The van der Waals surface area contributed by atoms with Gasteiger partial charge in [-0.2, -0.15) is 0 Å². The van der Waals surface area contributed by atoms with Gasteiger partial charge >= 0.3 is 0 Å². The number of rotatable bonds is 6. The average molecular weight is 310 g/mol. The summed E-state index contributed by atoms with van der Waals surface area (Å²) in [4.78, 5) is 4.54. The van der Waals surface area contributed by atoms with Crippen LogP contribution in [0.5, 0.6) is 0 Å². The van der Waals surface area contributed by atoms with Crippen LogP contribution in [0.1, 0.15) is 26.1 Å². The average Bonchev–Trinajstić information content (AvgIpc) is 2.75. The van der Waals surface area contributed by atoms with E-state index in [1.54, 1.807) is 0 Å². The number of fused-ring (bicyclic) bond motifs is 1. The Kier molecular flexibility index (Phi) is 4.68. The van der Waals surface area contributed by atoms with Gasteiger partial charge in [0, 0.05) is 19.2 Å². The van der Waals surface area contributed by atoms with Gasteiger partial charge < -0.3 is 9.67 Å². The zero-order valence-electron chi connectivity index (χ0n) is 12.7. The number of hydrogen-bond donors (Lipinski definition) is 1. The lowest BCUT2D eigenvalue weighted by Gasteiger charge is -2.17. The molecule has 5 nitrogen and oxygen atoms in total. The molecule has 1 aromatic carbocycles. The number of sulfone groups is 1. The zero-order valence-corrected chi connectivity index (χ0v) is 13.5. The van der Waals surface area contributed by atoms with E-state index in [2.05, 4.69) is 16.5 Å². The molecule has 1 N–H and O–H groups in total. The molecule has 0 aliphatic carbocycles. The first-order chi connectivity index (χ1) is 9.84. The van der Waals surface area contributed by atoms with Crippen LogP contribution < -0.4 is 0 Å². The van der Waals surface area contributed by atoms with Crippen molar-refractivity contribution in [2.24, 2.45) is 0 Å². The Morgan fingerprint density at radius 2 is 2.00 bits per heavy atom. The summed E-state index contributed by atoms with van der Waals surface area (Å²) in [5, 5.41) is 9.39. The van der Waals surface area contributed by atoms with Gasteiger partial charge in [0.05, 0.1) is 22.4 Å². The van der Waals surface area contributed by atoms with Crippen molar-refractivity contribution in [2.45, 2.75) is 44.6 Å². The van der Waals surface area contributed by atoms with Gasteiger partial charge in [-0.1, -0.05) is 19.1 Å². The molecular weight excluding hydrogens is 288 g/mol. The molecule has 0 bridgehead atoms. The molecule has 2 aromatic rings. The Bertz CT molecular complexity index is 722. The van der Waals surface area contributed by atoms with E-state index in [4.69, 9.17) is 0 Å². The van der Waals surface area contributed by atoms with Crippen molar-refractivity contribution in [3.63, 3.8) is 0 Å². The summed E-state index contributed by atoms with van der Waals surface area (Å²) in [6.45, 7) is 4.41. The number of aliphatic hydroxyl groups excluding tert-OH is 1. The first-order valence-corrected chi connectivity index (χ1v) is 9.11. The molecule has 2 unspecified atom stereocenters. The maximum atomic E-state index is 11.6. The molecule has 6 heteroatoms. The Morgan fingerprint density at radius 1 is 1.33 bits per heavy atom. The molecule has 0 saturated heterocycles. The summed E-state index contributed by atoms with van der Waals surface area (Å²) in [6.07, 6.45) is 1.39. The van der Waals surface area contributed by atoms with Gasteiger partial charge in [0.15, 0.2) is 9.84 Å². The molecule has 1 aromatic heterocycles. The number of nitrogens with zero attached hydrogens (tertiary/aromatic N) is 2. The fourth-order valence-corrected chi connectivity index (χ4v) is 3.06. The molecular formula is C15H22N2O3S. The van der Waals surface area contributed by atoms with Gasteiger partial charge in [-0.3, -0.25) is 0 Å². The molecule has 0 aliphatic heterocycles. The normalized spacial score (nSPS) is 15.2. The van der Waals surface area contributed by atoms with E-state index in [1.807, 2.05) is 24.3 Å². The van der Waals surface area contributed by atoms with Crippen LogP contribution in [-0.2, 0) is 22.8 Å². The van der Waals surface area contributed by atoms with E-state index in [1.165, 1.54) is 6.92 Å². The van der Waals surface area contributed by atoms with Gasteiger partial charge in [0.2, 0.25) is 0 Å². The zero-order chi connectivity index (χ0) is 15.6. The van der Waals surface area contributed by atoms with E-state index >= 15 is 0 Å². The summed E-state index contributed by atoms with van der Waals surface area (Å²) < 4.78 is 25.2. The molecule has 0 amide bonds. The second kappa shape index (κ2) is 6.15. The molecule has 0 fully saturated rings. The largest absolute Gasteiger partial charge is 0.391 e. The third-order valence-electron chi connectivity index (χ3n) is 3.79. The van der Waals surface area contributed by atoms with Crippen LogP contribution in [0, 0.1) is 0 Å². The van der Waals surface area contributed by atoms with Crippen LogP contribution in [0.2, 0.25) is 0 Å². The fraction of sp³-hybridized carbons (Fsp3) is 0.533. The summed E-state index contributed by atoms with van der Waals surface area (Å²) in [6, 6.07) is 7.80. The van der Waals surface area contributed by atoms with Crippen molar-refractivity contribution < 1.29 is 13.5 Å². The summed E-state index contributed by atoms with van der Waals surface area (Å²) in [5.41, 5.74) is 1.90. The molecule has 0 saturated carbocycles. The summed E-state index contributed by atoms with van der Waals surface area (Å²) in [7, 11) is -3.26. The number of hydrogen-bond acceptors (Lipinski definition) is 4. The van der Waals surface area contributed by atoms with E-state index in [9.17, 15) is 13.5 Å². The molecule has 2 rings (SSSR count). The quantitative estimate of drug-likeness (QED) is 0.883. The van der Waals surface area contributed by atoms with Crippen LogP contribution in [-0.4, -0.2) is 40.7 Å². The lowest BCUT2D eigenvalue weighted by molar-refractivity contribution is 0.169. The molecule has 21 heavy (non-hydrogen) atoms. The highest BCUT2D eigenvalue weighted by atomic mass is 32.2. The second-order valence-corrected chi connectivity index (χ2v) is 7.88. The maximum absolute atomic E-state index is 11.6. The number of imidazole rings is 1. The van der Waals surface area contributed by atoms with Crippen molar-refractivity contribution in [3.05, 3.63) is 30.1 Å². The third-order valence-corrected chi connectivity index (χ3v) is 5.45. The first kappa shape index (κ1) is 16.0. The third kappa shape index (κ3) is 3.44. The lowest BCUT2D eigenvalue weighted by Crippen LogP contribution is -2.33. The number of aliphatic hydroxyl groups is 1. The fourth-order valence-electron chi connectivity index (χ4n) is 2.39. The van der Waals surface area contributed by atoms with Crippen molar-refractivity contribution in [3.8, 4) is 0 Å². The van der Waals surface area contributed by atoms with Crippen molar-refractivity contribution in [1.29, 1.82) is 0 Å². The monoisotopic (exact) mass is 310 g/mol. The minimum absolute atomic E-state index is 0.239. The minimum atomic E-state index is -3.26. The molecule has 0 aliphatic rings. The van der Waals surface area contributed by atoms with Crippen LogP contribution >= 0.6 is 0 Å². The van der Waals surface area contributed by atoms with Crippen LogP contribution in [0.25, 0.3) is 11.0 Å². The van der Waals surface area contributed by atoms with Gasteiger partial charge in [-0.25, -0.2) is 13.4 Å². The predicted molar refractivity (Wildman–Crippen MR) is 84.0 cm³/mol. The van der Waals surface area contributed by atoms with Crippen molar-refractivity contribution in [2.75, 3.05) is 6.26 Å². The molecule has 116 valence electrons. The topological polar surface area (TPSA) is 72.2 Å². The van der Waals surface area contributed by atoms with E-state index < -0.39 is 21.2 Å². The highest BCUT2D eigenvalue weighted by molar-refractivity contribution is 7.91. The van der Waals surface area contributed by atoms with Crippen LogP contribution in [0.4, 0.5) is 0 Å². The van der Waals surface area contributed by atoms with E-state index in [0.717, 1.165) is 36.1 Å². The van der Waals surface area contributed by atoms with Gasteiger partial charge in [0.25, 0.3) is 0 Å². The smallest absolute Gasteiger partial charge is 0.152 e. The summed E-state index contributed by atoms with van der Waals surface area (Å²) in [5.74, 6) is 0.737.